The van der Waals surface area contributed by atoms with Gasteiger partial charge in [0.25, 0.3) is 0 Å². The van der Waals surface area contributed by atoms with Gasteiger partial charge < -0.3 is 4.74 Å². The number of hydrogen-bond donors (Lipinski definition) is 0. The van der Waals surface area contributed by atoms with E-state index in [0.29, 0.717) is 0 Å². The Bertz CT molecular complexity index is 1050. The summed E-state index contributed by atoms with van der Waals surface area (Å²) in [6, 6.07) is 33.6. The first kappa shape index (κ1) is 22.8. The third kappa shape index (κ3) is 6.55. The van der Waals surface area contributed by atoms with E-state index < -0.39 is 0 Å². The van der Waals surface area contributed by atoms with Gasteiger partial charge in [0.1, 0.15) is 5.75 Å². The second-order valence-corrected chi connectivity index (χ2v) is 8.50. The monoisotopic (exact) mass is 435 g/mol. The van der Waals surface area contributed by atoms with Crippen LogP contribution in [0, 0.1) is 0 Å². The Morgan fingerprint density at radius 3 is 1.67 bits per heavy atom. The predicted molar refractivity (Wildman–Crippen MR) is 139 cm³/mol. The van der Waals surface area contributed by atoms with Gasteiger partial charge in [0, 0.05) is 11.1 Å². The molecule has 4 aromatic rings. The molecule has 0 aliphatic heterocycles. The normalized spacial score (nSPS) is 10.8. The van der Waals surface area contributed by atoms with Gasteiger partial charge in [0.2, 0.25) is 0 Å². The van der Waals surface area contributed by atoms with E-state index in [1.807, 2.05) is 12.1 Å². The molecule has 0 bridgehead atoms. The molecule has 2 heteroatoms. The van der Waals surface area contributed by atoms with Crippen LogP contribution in [0.2, 0.25) is 0 Å². The molecular formula is C31H33NO. The first-order valence-electron chi connectivity index (χ1n) is 12.2. The van der Waals surface area contributed by atoms with E-state index >= 15 is 0 Å². The minimum Gasteiger partial charge on any atom is -0.494 e. The second kappa shape index (κ2) is 12.0. The smallest absolute Gasteiger partial charge is 0.119 e. The van der Waals surface area contributed by atoms with E-state index in [2.05, 4.69) is 91.9 Å². The molecule has 0 aliphatic rings. The SMILES string of the molecule is CCCCCCCCOc1ccc(-c2cc(-c3ccccc3)nc(-c3ccccc3)c2)cc1. The van der Waals surface area contributed by atoms with E-state index in [-0.39, 0.29) is 0 Å². The highest BCUT2D eigenvalue weighted by molar-refractivity contribution is 5.76. The Morgan fingerprint density at radius 1 is 0.545 bits per heavy atom. The Balaban J connectivity index is 1.51. The molecule has 1 heterocycles. The first-order chi connectivity index (χ1) is 16.3. The zero-order valence-electron chi connectivity index (χ0n) is 19.5. The molecule has 0 N–H and O–H groups in total. The average molecular weight is 436 g/mol. The quantitative estimate of drug-likeness (QED) is 0.220. The molecule has 0 amide bonds. The minimum absolute atomic E-state index is 0.789. The largest absolute Gasteiger partial charge is 0.494 e. The maximum absolute atomic E-state index is 5.98. The molecule has 0 unspecified atom stereocenters. The molecule has 0 spiro atoms. The highest BCUT2D eigenvalue weighted by atomic mass is 16.5. The molecule has 0 aliphatic carbocycles. The van der Waals surface area contributed by atoms with Crippen LogP contribution in [0.4, 0.5) is 0 Å². The maximum Gasteiger partial charge on any atom is 0.119 e. The summed E-state index contributed by atoms with van der Waals surface area (Å²) < 4.78 is 5.98. The summed E-state index contributed by atoms with van der Waals surface area (Å²) in [6.45, 7) is 3.04. The van der Waals surface area contributed by atoms with Crippen LogP contribution in [-0.4, -0.2) is 11.6 Å². The predicted octanol–water partition coefficient (Wildman–Crippen LogP) is 8.82. The van der Waals surface area contributed by atoms with Crippen molar-refractivity contribution in [3.8, 4) is 39.4 Å². The summed E-state index contributed by atoms with van der Waals surface area (Å²) in [4.78, 5) is 4.97. The molecule has 0 saturated heterocycles. The van der Waals surface area contributed by atoms with Crippen molar-refractivity contribution in [2.45, 2.75) is 45.4 Å². The summed E-state index contributed by atoms with van der Waals surface area (Å²) >= 11 is 0. The zero-order chi connectivity index (χ0) is 22.7. The molecular weight excluding hydrogens is 402 g/mol. The minimum atomic E-state index is 0.789. The van der Waals surface area contributed by atoms with Gasteiger partial charge in [-0.05, 0) is 41.8 Å². The van der Waals surface area contributed by atoms with Crippen molar-refractivity contribution >= 4 is 0 Å². The lowest BCUT2D eigenvalue weighted by Crippen LogP contribution is -1.97. The molecule has 0 atom stereocenters. The summed E-state index contributed by atoms with van der Waals surface area (Å²) in [5, 5.41) is 0. The molecule has 0 fully saturated rings. The molecule has 2 nitrogen and oxygen atoms in total. The number of benzene rings is 3. The maximum atomic E-state index is 5.98. The Morgan fingerprint density at radius 2 is 1.09 bits per heavy atom. The Hall–Kier alpha value is -3.39. The Kier molecular flexibility index (Phi) is 8.30. The van der Waals surface area contributed by atoms with Crippen molar-refractivity contribution in [2.24, 2.45) is 0 Å². The number of aromatic nitrogens is 1. The van der Waals surface area contributed by atoms with Crippen LogP contribution in [0.5, 0.6) is 5.75 Å². The summed E-state index contributed by atoms with van der Waals surface area (Å²) in [7, 11) is 0. The van der Waals surface area contributed by atoms with Gasteiger partial charge in [-0.1, -0.05) is 112 Å². The van der Waals surface area contributed by atoms with Gasteiger partial charge in [-0.25, -0.2) is 4.98 Å². The van der Waals surface area contributed by atoms with Crippen molar-refractivity contribution in [3.05, 3.63) is 97.1 Å². The lowest BCUT2D eigenvalue weighted by atomic mass is 10.00. The van der Waals surface area contributed by atoms with E-state index in [9.17, 15) is 0 Å². The number of unbranched alkanes of at least 4 members (excludes halogenated alkanes) is 5. The van der Waals surface area contributed by atoms with Gasteiger partial charge in [0.05, 0.1) is 18.0 Å². The summed E-state index contributed by atoms with van der Waals surface area (Å²) in [5.74, 6) is 0.938. The fraction of sp³-hybridized carbons (Fsp3) is 0.258. The van der Waals surface area contributed by atoms with Crippen molar-refractivity contribution in [1.29, 1.82) is 0 Å². The van der Waals surface area contributed by atoms with Gasteiger partial charge in [-0.2, -0.15) is 0 Å². The molecule has 1 aromatic heterocycles. The highest BCUT2D eigenvalue weighted by Gasteiger charge is 2.09. The van der Waals surface area contributed by atoms with Crippen molar-refractivity contribution in [1.82, 2.24) is 4.98 Å². The van der Waals surface area contributed by atoms with Crippen LogP contribution in [0.3, 0.4) is 0 Å². The van der Waals surface area contributed by atoms with Crippen molar-refractivity contribution < 1.29 is 4.74 Å². The van der Waals surface area contributed by atoms with Crippen LogP contribution in [0.1, 0.15) is 45.4 Å². The standard InChI is InChI=1S/C31H33NO/c1-2-3-4-5-6-13-22-33-29-20-18-25(19-21-29)28-23-30(26-14-9-7-10-15-26)32-31(24-28)27-16-11-8-12-17-27/h7-12,14-21,23-24H,2-6,13,22H2,1H3. The van der Waals surface area contributed by atoms with Gasteiger partial charge in [0.15, 0.2) is 0 Å². The van der Waals surface area contributed by atoms with E-state index in [0.717, 1.165) is 46.9 Å². The van der Waals surface area contributed by atoms with Gasteiger partial charge in [-0.15, -0.1) is 0 Å². The van der Waals surface area contributed by atoms with Crippen LogP contribution >= 0.6 is 0 Å². The van der Waals surface area contributed by atoms with Crippen molar-refractivity contribution in [3.63, 3.8) is 0 Å². The van der Waals surface area contributed by atoms with Crippen LogP contribution < -0.4 is 4.74 Å². The number of ether oxygens (including phenoxy) is 1. The van der Waals surface area contributed by atoms with Crippen LogP contribution in [-0.2, 0) is 0 Å². The lowest BCUT2D eigenvalue weighted by Gasteiger charge is -2.11. The van der Waals surface area contributed by atoms with Crippen LogP contribution in [0.15, 0.2) is 97.1 Å². The fourth-order valence-corrected chi connectivity index (χ4v) is 4.03. The first-order valence-corrected chi connectivity index (χ1v) is 12.2. The van der Waals surface area contributed by atoms with E-state index in [1.54, 1.807) is 0 Å². The molecule has 4 rings (SSSR count). The highest BCUT2D eigenvalue weighted by Crippen LogP contribution is 2.31. The topological polar surface area (TPSA) is 22.1 Å². The summed E-state index contributed by atoms with van der Waals surface area (Å²) in [6.07, 6.45) is 7.66. The third-order valence-corrected chi connectivity index (χ3v) is 5.92. The van der Waals surface area contributed by atoms with Crippen molar-refractivity contribution in [2.75, 3.05) is 6.61 Å². The average Bonchev–Trinajstić information content (AvgIpc) is 2.89. The third-order valence-electron chi connectivity index (χ3n) is 5.92. The molecule has 0 saturated carbocycles. The Labute approximate surface area is 198 Å². The number of pyridine rings is 1. The second-order valence-electron chi connectivity index (χ2n) is 8.50. The van der Waals surface area contributed by atoms with E-state index in [4.69, 9.17) is 9.72 Å². The van der Waals surface area contributed by atoms with E-state index in [1.165, 1.54) is 37.7 Å². The van der Waals surface area contributed by atoms with Gasteiger partial charge >= 0.3 is 0 Å². The van der Waals surface area contributed by atoms with Gasteiger partial charge in [-0.3, -0.25) is 0 Å². The fourth-order valence-electron chi connectivity index (χ4n) is 4.03. The van der Waals surface area contributed by atoms with Crippen LogP contribution in [0.25, 0.3) is 33.6 Å². The molecule has 33 heavy (non-hydrogen) atoms. The molecule has 3 aromatic carbocycles. The molecule has 0 radical (unpaired) electrons. The number of rotatable bonds is 11. The zero-order valence-corrected chi connectivity index (χ0v) is 19.5. The number of nitrogens with zero attached hydrogens (tertiary/aromatic N) is 1. The number of hydrogen-bond acceptors (Lipinski definition) is 2. The summed E-state index contributed by atoms with van der Waals surface area (Å²) in [5.41, 5.74) is 6.53. The lowest BCUT2D eigenvalue weighted by molar-refractivity contribution is 0.304. The molecule has 168 valence electrons.